The first kappa shape index (κ1) is 17.7. The van der Waals surface area contributed by atoms with Gasteiger partial charge < -0.3 is 15.2 Å². The third-order valence-corrected chi connectivity index (χ3v) is 4.17. The monoisotopic (exact) mass is 349 g/mol. The van der Waals surface area contributed by atoms with Crippen LogP contribution in [0.1, 0.15) is 17.0 Å². The number of phenolic OH excluding ortho intramolecular Hbond substituents is 1. The van der Waals surface area contributed by atoms with E-state index in [0.29, 0.717) is 5.82 Å². The second kappa shape index (κ2) is 7.87. The number of aryl methyl sites for hydroxylation is 2. The van der Waals surface area contributed by atoms with E-state index in [4.69, 9.17) is 4.74 Å². The Balaban J connectivity index is 1.75. The van der Waals surface area contributed by atoms with Gasteiger partial charge in [0.25, 0.3) is 0 Å². The van der Waals surface area contributed by atoms with Crippen molar-refractivity contribution in [2.24, 2.45) is 0 Å². The summed E-state index contributed by atoms with van der Waals surface area (Å²) in [5.41, 5.74) is 4.02. The average molecular weight is 349 g/mol. The molecule has 5 nitrogen and oxygen atoms in total. The Morgan fingerprint density at radius 1 is 1.04 bits per heavy atom. The Morgan fingerprint density at radius 3 is 2.65 bits per heavy atom. The molecule has 3 rings (SSSR count). The van der Waals surface area contributed by atoms with E-state index in [1.807, 2.05) is 50.2 Å². The van der Waals surface area contributed by atoms with E-state index in [0.717, 1.165) is 46.9 Å². The molecule has 0 amide bonds. The molecule has 134 valence electrons. The number of anilines is 1. The number of ether oxygens (including phenoxy) is 1. The fraction of sp³-hybridized carbons (Fsp3) is 0.238. The number of phenols is 1. The molecule has 0 fully saturated rings. The van der Waals surface area contributed by atoms with Crippen LogP contribution in [0.4, 0.5) is 5.82 Å². The van der Waals surface area contributed by atoms with Crippen molar-refractivity contribution in [1.29, 1.82) is 0 Å². The van der Waals surface area contributed by atoms with Crippen molar-refractivity contribution in [3.8, 4) is 22.8 Å². The molecule has 3 aromatic rings. The molecular weight excluding hydrogens is 326 g/mol. The van der Waals surface area contributed by atoms with Crippen molar-refractivity contribution in [2.45, 2.75) is 20.3 Å². The number of nitrogens with one attached hydrogen (secondary N) is 1. The summed E-state index contributed by atoms with van der Waals surface area (Å²) in [6.45, 7) is 4.62. The van der Waals surface area contributed by atoms with Crippen molar-refractivity contribution < 1.29 is 9.84 Å². The highest BCUT2D eigenvalue weighted by Crippen LogP contribution is 2.26. The van der Waals surface area contributed by atoms with E-state index in [1.54, 1.807) is 19.2 Å². The second-order valence-electron chi connectivity index (χ2n) is 6.22. The molecule has 26 heavy (non-hydrogen) atoms. The summed E-state index contributed by atoms with van der Waals surface area (Å²) in [6.07, 6.45) is 0.797. The third kappa shape index (κ3) is 4.30. The van der Waals surface area contributed by atoms with Crippen molar-refractivity contribution in [2.75, 3.05) is 19.0 Å². The van der Waals surface area contributed by atoms with Crippen LogP contribution < -0.4 is 10.1 Å². The second-order valence-corrected chi connectivity index (χ2v) is 6.22. The number of nitrogens with zero attached hydrogens (tertiary/aromatic N) is 2. The van der Waals surface area contributed by atoms with Crippen LogP contribution in [0, 0.1) is 13.8 Å². The topological polar surface area (TPSA) is 67.3 Å². The fourth-order valence-corrected chi connectivity index (χ4v) is 2.83. The lowest BCUT2D eigenvalue weighted by molar-refractivity contribution is 0.412. The van der Waals surface area contributed by atoms with Gasteiger partial charge in [-0.3, -0.25) is 0 Å². The molecule has 0 bridgehead atoms. The zero-order valence-corrected chi connectivity index (χ0v) is 15.3. The number of benzene rings is 2. The number of aromatic nitrogens is 2. The average Bonchev–Trinajstić information content (AvgIpc) is 2.62. The Kier molecular flexibility index (Phi) is 5.37. The Hall–Kier alpha value is -3.08. The molecule has 0 unspecified atom stereocenters. The van der Waals surface area contributed by atoms with E-state index in [9.17, 15) is 5.11 Å². The quantitative estimate of drug-likeness (QED) is 0.700. The zero-order valence-electron chi connectivity index (χ0n) is 15.3. The molecule has 0 aliphatic rings. The molecule has 0 spiro atoms. The van der Waals surface area contributed by atoms with Crippen LogP contribution in [0.2, 0.25) is 0 Å². The first-order chi connectivity index (χ1) is 12.5. The molecule has 2 N–H and O–H groups in total. The lowest BCUT2D eigenvalue weighted by atomic mass is 10.1. The first-order valence-corrected chi connectivity index (χ1v) is 8.57. The number of hydrogen-bond acceptors (Lipinski definition) is 5. The highest BCUT2D eigenvalue weighted by atomic mass is 16.5. The normalized spacial score (nSPS) is 10.6. The summed E-state index contributed by atoms with van der Waals surface area (Å²) >= 11 is 0. The summed E-state index contributed by atoms with van der Waals surface area (Å²) in [7, 11) is 1.67. The van der Waals surface area contributed by atoms with E-state index in [2.05, 4.69) is 15.3 Å². The molecule has 0 aliphatic carbocycles. The SMILES string of the molecule is COc1cc(-c2cc(NCCc3cccc(O)c3)nc(C)n2)ccc1C. The molecule has 0 atom stereocenters. The van der Waals surface area contributed by atoms with Crippen molar-refractivity contribution >= 4 is 5.82 Å². The Bertz CT molecular complexity index is 910. The van der Waals surface area contributed by atoms with Gasteiger partial charge in [0.2, 0.25) is 0 Å². The van der Waals surface area contributed by atoms with Crippen LogP contribution in [0.5, 0.6) is 11.5 Å². The van der Waals surface area contributed by atoms with Gasteiger partial charge >= 0.3 is 0 Å². The van der Waals surface area contributed by atoms with E-state index >= 15 is 0 Å². The Labute approximate surface area is 153 Å². The minimum atomic E-state index is 0.288. The van der Waals surface area contributed by atoms with Gasteiger partial charge in [0.05, 0.1) is 12.8 Å². The summed E-state index contributed by atoms with van der Waals surface area (Å²) in [6, 6.07) is 15.3. The van der Waals surface area contributed by atoms with Crippen molar-refractivity contribution in [3.63, 3.8) is 0 Å². The summed E-state index contributed by atoms with van der Waals surface area (Å²) in [4.78, 5) is 9.01. The summed E-state index contributed by atoms with van der Waals surface area (Å²) < 4.78 is 5.41. The third-order valence-electron chi connectivity index (χ3n) is 4.17. The summed E-state index contributed by atoms with van der Waals surface area (Å²) in [5, 5.41) is 12.9. The van der Waals surface area contributed by atoms with Crippen LogP contribution in [0.25, 0.3) is 11.3 Å². The van der Waals surface area contributed by atoms with Crippen LogP contribution in [-0.4, -0.2) is 28.7 Å². The van der Waals surface area contributed by atoms with Crippen LogP contribution in [-0.2, 0) is 6.42 Å². The first-order valence-electron chi connectivity index (χ1n) is 8.57. The smallest absolute Gasteiger partial charge is 0.130 e. The van der Waals surface area contributed by atoms with Gasteiger partial charge in [0.15, 0.2) is 0 Å². The van der Waals surface area contributed by atoms with E-state index in [-0.39, 0.29) is 5.75 Å². The maximum Gasteiger partial charge on any atom is 0.130 e. The molecule has 5 heteroatoms. The van der Waals surface area contributed by atoms with Gasteiger partial charge in [-0.05, 0) is 49.6 Å². The lowest BCUT2D eigenvalue weighted by Crippen LogP contribution is -2.08. The van der Waals surface area contributed by atoms with E-state index < -0.39 is 0 Å². The molecule has 0 radical (unpaired) electrons. The molecule has 0 aliphatic heterocycles. The minimum absolute atomic E-state index is 0.288. The molecule has 1 aromatic heterocycles. The van der Waals surface area contributed by atoms with Gasteiger partial charge in [-0.25, -0.2) is 9.97 Å². The maximum absolute atomic E-state index is 9.54. The van der Waals surface area contributed by atoms with Crippen molar-refractivity contribution in [1.82, 2.24) is 9.97 Å². The highest BCUT2D eigenvalue weighted by Gasteiger charge is 2.07. The molecule has 2 aromatic carbocycles. The van der Waals surface area contributed by atoms with Crippen LogP contribution in [0.3, 0.4) is 0 Å². The molecule has 0 saturated carbocycles. The number of aromatic hydroxyl groups is 1. The molecular formula is C21H23N3O2. The zero-order chi connectivity index (χ0) is 18.5. The van der Waals surface area contributed by atoms with Crippen LogP contribution >= 0.6 is 0 Å². The lowest BCUT2D eigenvalue weighted by Gasteiger charge is -2.11. The van der Waals surface area contributed by atoms with Crippen molar-refractivity contribution in [3.05, 3.63) is 65.5 Å². The standard InChI is InChI=1S/C21H23N3O2/c1-14-7-8-17(12-20(14)26-3)19-13-21(24-15(2)23-19)22-10-9-16-5-4-6-18(25)11-16/h4-8,11-13,25H,9-10H2,1-3H3,(H,22,23,24). The van der Waals surface area contributed by atoms with Gasteiger partial charge in [0.1, 0.15) is 23.1 Å². The molecule has 0 saturated heterocycles. The Morgan fingerprint density at radius 2 is 1.88 bits per heavy atom. The fourth-order valence-electron chi connectivity index (χ4n) is 2.83. The number of rotatable bonds is 6. The van der Waals surface area contributed by atoms with Gasteiger partial charge in [-0.2, -0.15) is 0 Å². The maximum atomic E-state index is 9.54. The predicted octanol–water partition coefficient (Wildman–Crippen LogP) is 4.13. The highest BCUT2D eigenvalue weighted by molar-refractivity contribution is 5.65. The van der Waals surface area contributed by atoms with Crippen LogP contribution in [0.15, 0.2) is 48.5 Å². The van der Waals surface area contributed by atoms with Gasteiger partial charge in [-0.15, -0.1) is 0 Å². The largest absolute Gasteiger partial charge is 0.508 e. The predicted molar refractivity (Wildman–Crippen MR) is 104 cm³/mol. The molecule has 1 heterocycles. The van der Waals surface area contributed by atoms with Gasteiger partial charge in [0, 0.05) is 18.2 Å². The number of hydrogen-bond donors (Lipinski definition) is 2. The van der Waals surface area contributed by atoms with Gasteiger partial charge in [-0.1, -0.05) is 24.3 Å². The number of methoxy groups -OCH3 is 1. The van der Waals surface area contributed by atoms with E-state index in [1.165, 1.54) is 0 Å². The minimum Gasteiger partial charge on any atom is -0.508 e. The summed E-state index contributed by atoms with van der Waals surface area (Å²) in [5.74, 6) is 2.63.